The number of hydrogen-bond acceptors (Lipinski definition) is 4. The first-order valence-electron chi connectivity index (χ1n) is 6.94. The van der Waals surface area contributed by atoms with Crippen molar-refractivity contribution in [2.75, 3.05) is 13.1 Å². The minimum atomic E-state index is 0.630. The number of likely N-dealkylation sites (tertiary alicyclic amines) is 1. The molecule has 1 aromatic heterocycles. The predicted octanol–water partition coefficient (Wildman–Crippen LogP) is 3.03. The van der Waals surface area contributed by atoms with Crippen LogP contribution in [0, 0.1) is 6.92 Å². The second-order valence-electron chi connectivity index (χ2n) is 5.15. The van der Waals surface area contributed by atoms with Crippen LogP contribution in [0.15, 0.2) is 28.7 Å². The van der Waals surface area contributed by atoms with E-state index in [1.807, 2.05) is 18.2 Å². The summed E-state index contributed by atoms with van der Waals surface area (Å²) < 4.78 is 5.79. The van der Waals surface area contributed by atoms with Crippen molar-refractivity contribution in [3.05, 3.63) is 35.7 Å². The zero-order valence-electron chi connectivity index (χ0n) is 11.3. The fraction of sp³-hybridized carbons (Fsp3) is 0.467. The van der Waals surface area contributed by atoms with Gasteiger partial charge in [-0.05, 0) is 44.5 Å². The third-order valence-corrected chi connectivity index (χ3v) is 3.65. The van der Waals surface area contributed by atoms with Crippen molar-refractivity contribution in [1.29, 1.82) is 0 Å². The Kier molecular flexibility index (Phi) is 3.60. The van der Waals surface area contributed by atoms with Crippen molar-refractivity contribution >= 4 is 0 Å². The number of aromatic nitrogens is 2. The van der Waals surface area contributed by atoms with Gasteiger partial charge in [-0.15, -0.1) is 10.2 Å². The minimum Gasteiger partial charge on any atom is -0.419 e. The maximum atomic E-state index is 5.79. The first-order valence-corrected chi connectivity index (χ1v) is 6.94. The molecular formula is C15H19N3O. The van der Waals surface area contributed by atoms with Crippen molar-refractivity contribution in [2.24, 2.45) is 0 Å². The topological polar surface area (TPSA) is 42.2 Å². The molecule has 1 aromatic carbocycles. The highest BCUT2D eigenvalue weighted by Crippen LogP contribution is 2.22. The van der Waals surface area contributed by atoms with Crippen molar-refractivity contribution < 1.29 is 4.42 Å². The van der Waals surface area contributed by atoms with Crippen LogP contribution in [0.5, 0.6) is 0 Å². The van der Waals surface area contributed by atoms with E-state index in [4.69, 9.17) is 4.42 Å². The average Bonchev–Trinajstić information content (AvgIpc) is 2.89. The van der Waals surface area contributed by atoms with Crippen molar-refractivity contribution in [3.8, 4) is 11.5 Å². The van der Waals surface area contributed by atoms with Gasteiger partial charge in [-0.2, -0.15) is 0 Å². The average molecular weight is 257 g/mol. The number of hydrogen-bond donors (Lipinski definition) is 0. The van der Waals surface area contributed by atoms with E-state index in [2.05, 4.69) is 28.1 Å². The van der Waals surface area contributed by atoms with Gasteiger partial charge in [0.15, 0.2) is 0 Å². The van der Waals surface area contributed by atoms with Crippen LogP contribution in [0.4, 0.5) is 0 Å². The number of rotatable bonds is 3. The third kappa shape index (κ3) is 2.84. The molecule has 0 N–H and O–H groups in total. The van der Waals surface area contributed by atoms with Crippen LogP contribution in [0.25, 0.3) is 11.5 Å². The molecule has 0 bridgehead atoms. The molecule has 1 saturated heterocycles. The summed E-state index contributed by atoms with van der Waals surface area (Å²) >= 11 is 0. The van der Waals surface area contributed by atoms with E-state index >= 15 is 0 Å². The van der Waals surface area contributed by atoms with Gasteiger partial charge in [0.2, 0.25) is 11.8 Å². The Morgan fingerprint density at radius 2 is 1.89 bits per heavy atom. The molecule has 0 unspecified atom stereocenters. The molecule has 0 radical (unpaired) electrons. The summed E-state index contributed by atoms with van der Waals surface area (Å²) in [6, 6.07) is 8.10. The molecule has 19 heavy (non-hydrogen) atoms. The van der Waals surface area contributed by atoms with Crippen LogP contribution in [-0.2, 0) is 6.54 Å². The van der Waals surface area contributed by atoms with Crippen LogP contribution >= 0.6 is 0 Å². The molecule has 0 spiro atoms. The van der Waals surface area contributed by atoms with E-state index in [1.165, 1.54) is 19.3 Å². The number of aryl methyl sites for hydroxylation is 1. The predicted molar refractivity (Wildman–Crippen MR) is 73.6 cm³/mol. The Labute approximate surface area is 113 Å². The van der Waals surface area contributed by atoms with Crippen molar-refractivity contribution in [3.63, 3.8) is 0 Å². The van der Waals surface area contributed by atoms with E-state index in [0.29, 0.717) is 5.89 Å². The lowest BCUT2D eigenvalue weighted by molar-refractivity contribution is 0.202. The fourth-order valence-electron chi connectivity index (χ4n) is 2.55. The van der Waals surface area contributed by atoms with E-state index < -0.39 is 0 Å². The first-order chi connectivity index (χ1) is 9.33. The highest BCUT2D eigenvalue weighted by molar-refractivity contribution is 5.57. The highest BCUT2D eigenvalue weighted by atomic mass is 16.4. The highest BCUT2D eigenvalue weighted by Gasteiger charge is 2.15. The SMILES string of the molecule is Cc1ccccc1-c1nnc(CN2CCCCC2)o1. The molecule has 0 atom stereocenters. The van der Waals surface area contributed by atoms with Crippen LogP contribution in [0.1, 0.15) is 30.7 Å². The molecule has 0 amide bonds. The normalized spacial score (nSPS) is 16.7. The summed E-state index contributed by atoms with van der Waals surface area (Å²) in [5, 5.41) is 8.34. The monoisotopic (exact) mass is 257 g/mol. The van der Waals surface area contributed by atoms with Crippen molar-refractivity contribution in [2.45, 2.75) is 32.7 Å². The van der Waals surface area contributed by atoms with Crippen LogP contribution in [0.3, 0.4) is 0 Å². The zero-order valence-corrected chi connectivity index (χ0v) is 11.3. The van der Waals surface area contributed by atoms with Gasteiger partial charge >= 0.3 is 0 Å². The Morgan fingerprint density at radius 1 is 1.11 bits per heavy atom. The van der Waals surface area contributed by atoms with E-state index in [9.17, 15) is 0 Å². The maximum absolute atomic E-state index is 5.79. The second kappa shape index (κ2) is 5.53. The number of benzene rings is 1. The molecule has 2 heterocycles. The van der Waals surface area contributed by atoms with Crippen molar-refractivity contribution in [1.82, 2.24) is 15.1 Å². The molecule has 3 rings (SSSR count). The van der Waals surface area contributed by atoms with E-state index in [0.717, 1.165) is 36.7 Å². The lowest BCUT2D eigenvalue weighted by Gasteiger charge is -2.24. The standard InChI is InChI=1S/C15H19N3O/c1-12-7-3-4-8-13(12)15-17-16-14(19-15)11-18-9-5-2-6-10-18/h3-4,7-8H,2,5-6,9-11H2,1H3. The molecule has 100 valence electrons. The zero-order chi connectivity index (χ0) is 13.1. The van der Waals surface area contributed by atoms with E-state index in [-0.39, 0.29) is 0 Å². The summed E-state index contributed by atoms with van der Waals surface area (Å²) in [6.07, 6.45) is 3.90. The van der Waals surface area contributed by atoms with Gasteiger partial charge in [0.1, 0.15) is 0 Å². The lowest BCUT2D eigenvalue weighted by Crippen LogP contribution is -2.29. The molecule has 0 saturated carbocycles. The fourth-order valence-corrected chi connectivity index (χ4v) is 2.55. The summed E-state index contributed by atoms with van der Waals surface area (Å²) in [7, 11) is 0. The molecular weight excluding hydrogens is 238 g/mol. The van der Waals surface area contributed by atoms with Gasteiger partial charge in [0, 0.05) is 5.56 Å². The van der Waals surface area contributed by atoms with Gasteiger partial charge < -0.3 is 4.42 Å². The largest absolute Gasteiger partial charge is 0.419 e. The van der Waals surface area contributed by atoms with Gasteiger partial charge in [-0.1, -0.05) is 24.6 Å². The first kappa shape index (κ1) is 12.4. The van der Waals surface area contributed by atoms with Gasteiger partial charge in [-0.25, -0.2) is 0 Å². The summed E-state index contributed by atoms with van der Waals surface area (Å²) in [5.74, 6) is 1.35. The Morgan fingerprint density at radius 3 is 2.68 bits per heavy atom. The third-order valence-electron chi connectivity index (χ3n) is 3.65. The lowest BCUT2D eigenvalue weighted by atomic mass is 10.1. The van der Waals surface area contributed by atoms with E-state index in [1.54, 1.807) is 0 Å². The molecule has 4 heteroatoms. The summed E-state index contributed by atoms with van der Waals surface area (Å²) in [4.78, 5) is 2.39. The number of piperidine rings is 1. The second-order valence-corrected chi connectivity index (χ2v) is 5.15. The van der Waals surface area contributed by atoms with Crippen LogP contribution < -0.4 is 0 Å². The summed E-state index contributed by atoms with van der Waals surface area (Å²) in [5.41, 5.74) is 2.19. The summed E-state index contributed by atoms with van der Waals surface area (Å²) in [6.45, 7) is 5.12. The smallest absolute Gasteiger partial charge is 0.248 e. The maximum Gasteiger partial charge on any atom is 0.248 e. The molecule has 1 aliphatic rings. The molecule has 0 aliphatic carbocycles. The quantitative estimate of drug-likeness (QED) is 0.847. The van der Waals surface area contributed by atoms with Crippen LogP contribution in [0.2, 0.25) is 0 Å². The molecule has 1 aliphatic heterocycles. The van der Waals surface area contributed by atoms with Gasteiger partial charge in [0.05, 0.1) is 6.54 Å². The Bertz CT molecular complexity index is 544. The number of nitrogens with zero attached hydrogens (tertiary/aromatic N) is 3. The minimum absolute atomic E-state index is 0.630. The van der Waals surface area contributed by atoms with Crippen LogP contribution in [-0.4, -0.2) is 28.2 Å². The van der Waals surface area contributed by atoms with Gasteiger partial charge in [0.25, 0.3) is 0 Å². The van der Waals surface area contributed by atoms with Gasteiger partial charge in [-0.3, -0.25) is 4.90 Å². The molecule has 1 fully saturated rings. The Balaban J connectivity index is 1.74. The molecule has 2 aromatic rings. The molecule has 4 nitrogen and oxygen atoms in total. The Hall–Kier alpha value is -1.68.